The number of halogens is 2. The predicted octanol–water partition coefficient (Wildman–Crippen LogP) is 4.13. The summed E-state index contributed by atoms with van der Waals surface area (Å²) in [6, 6.07) is 7.42. The van der Waals surface area contributed by atoms with Crippen molar-refractivity contribution in [2.45, 2.75) is 6.92 Å². The first kappa shape index (κ1) is 12.2. The van der Waals surface area contributed by atoms with Crippen LogP contribution in [0.2, 0.25) is 5.02 Å². The summed E-state index contributed by atoms with van der Waals surface area (Å²) in [6.07, 6.45) is 1.75. The molecule has 1 aromatic carbocycles. The fourth-order valence-corrected chi connectivity index (χ4v) is 1.94. The molecule has 17 heavy (non-hydrogen) atoms. The number of hydrogen-bond acceptors (Lipinski definition) is 3. The molecule has 88 valence electrons. The predicted molar refractivity (Wildman–Crippen MR) is 75.8 cm³/mol. The van der Waals surface area contributed by atoms with E-state index in [4.69, 9.17) is 17.3 Å². The average molecular weight is 313 g/mol. The van der Waals surface area contributed by atoms with Crippen molar-refractivity contribution in [3.8, 4) is 0 Å². The van der Waals surface area contributed by atoms with Crippen LogP contribution >= 0.6 is 27.5 Å². The summed E-state index contributed by atoms with van der Waals surface area (Å²) < 4.78 is 0.940. The second-order valence-electron chi connectivity index (χ2n) is 3.70. The van der Waals surface area contributed by atoms with E-state index in [1.807, 2.05) is 25.1 Å². The Hall–Kier alpha value is -1.26. The van der Waals surface area contributed by atoms with Gasteiger partial charge in [-0.1, -0.05) is 27.5 Å². The molecule has 3 N–H and O–H groups in total. The Morgan fingerprint density at radius 1 is 1.35 bits per heavy atom. The summed E-state index contributed by atoms with van der Waals surface area (Å²) in [7, 11) is 0. The summed E-state index contributed by atoms with van der Waals surface area (Å²) in [5, 5.41) is 3.73. The normalized spacial score (nSPS) is 10.3. The quantitative estimate of drug-likeness (QED) is 0.876. The van der Waals surface area contributed by atoms with Crippen LogP contribution in [-0.4, -0.2) is 4.98 Å². The first-order valence-electron chi connectivity index (χ1n) is 5.00. The lowest BCUT2D eigenvalue weighted by atomic mass is 10.2. The van der Waals surface area contributed by atoms with Gasteiger partial charge in [-0.2, -0.15) is 0 Å². The number of nitrogens with one attached hydrogen (secondary N) is 1. The highest BCUT2D eigenvalue weighted by Crippen LogP contribution is 2.29. The largest absolute Gasteiger partial charge is 0.396 e. The number of aryl methyl sites for hydroxylation is 1. The number of hydrogen-bond donors (Lipinski definition) is 2. The molecule has 0 bridgehead atoms. The lowest BCUT2D eigenvalue weighted by Crippen LogP contribution is -2.00. The minimum atomic E-state index is 0.598. The zero-order valence-electron chi connectivity index (χ0n) is 9.17. The molecule has 0 unspecified atom stereocenters. The van der Waals surface area contributed by atoms with Crippen molar-refractivity contribution < 1.29 is 0 Å². The number of anilines is 3. The average Bonchev–Trinajstić information content (AvgIpc) is 2.27. The molecule has 5 heteroatoms. The maximum Gasteiger partial charge on any atom is 0.153 e. The first-order chi connectivity index (χ1) is 8.06. The van der Waals surface area contributed by atoms with Crippen molar-refractivity contribution in [3.05, 3.63) is 45.5 Å². The molecule has 0 aliphatic heterocycles. The Morgan fingerprint density at radius 2 is 2.12 bits per heavy atom. The number of benzene rings is 1. The van der Waals surface area contributed by atoms with Gasteiger partial charge in [0.2, 0.25) is 0 Å². The third-order valence-electron chi connectivity index (χ3n) is 2.24. The van der Waals surface area contributed by atoms with Crippen LogP contribution in [0.15, 0.2) is 34.9 Å². The Balaban J connectivity index is 2.34. The molecule has 0 aliphatic carbocycles. The van der Waals surface area contributed by atoms with Gasteiger partial charge in [0.15, 0.2) is 5.82 Å². The van der Waals surface area contributed by atoms with Crippen LogP contribution < -0.4 is 11.1 Å². The van der Waals surface area contributed by atoms with E-state index >= 15 is 0 Å². The third kappa shape index (κ3) is 2.90. The number of nitrogens with zero attached hydrogens (tertiary/aromatic N) is 1. The standard InChI is InChI=1S/C12H11BrClN3/c1-7-4-10(15)12(16-6-7)17-11-5-8(13)2-3-9(11)14/h2-6H,15H2,1H3,(H,16,17). The second-order valence-corrected chi connectivity index (χ2v) is 5.02. The van der Waals surface area contributed by atoms with E-state index in [-0.39, 0.29) is 0 Å². The smallest absolute Gasteiger partial charge is 0.153 e. The molecule has 2 aromatic rings. The molecule has 0 saturated heterocycles. The van der Waals surface area contributed by atoms with Crippen molar-refractivity contribution in [1.29, 1.82) is 0 Å². The fourth-order valence-electron chi connectivity index (χ4n) is 1.42. The van der Waals surface area contributed by atoms with Gasteiger partial charge in [-0.25, -0.2) is 4.98 Å². The second kappa shape index (κ2) is 4.94. The zero-order valence-corrected chi connectivity index (χ0v) is 11.5. The maximum atomic E-state index is 6.08. The Labute approximate surface area is 113 Å². The van der Waals surface area contributed by atoms with Crippen LogP contribution in [0.25, 0.3) is 0 Å². The number of pyridine rings is 1. The van der Waals surface area contributed by atoms with Gasteiger partial charge in [0.25, 0.3) is 0 Å². The first-order valence-corrected chi connectivity index (χ1v) is 6.17. The molecule has 0 spiro atoms. The highest BCUT2D eigenvalue weighted by atomic mass is 79.9. The molecule has 3 nitrogen and oxygen atoms in total. The van der Waals surface area contributed by atoms with E-state index in [1.165, 1.54) is 0 Å². The monoisotopic (exact) mass is 311 g/mol. The van der Waals surface area contributed by atoms with E-state index in [9.17, 15) is 0 Å². The maximum absolute atomic E-state index is 6.08. The van der Waals surface area contributed by atoms with Crippen molar-refractivity contribution >= 4 is 44.7 Å². The van der Waals surface area contributed by atoms with E-state index in [2.05, 4.69) is 26.2 Å². The van der Waals surface area contributed by atoms with Gasteiger partial charge in [0.05, 0.1) is 16.4 Å². The van der Waals surface area contributed by atoms with Gasteiger partial charge in [-0.05, 0) is 36.8 Å². The molecule has 0 radical (unpaired) electrons. The van der Waals surface area contributed by atoms with E-state index in [1.54, 1.807) is 12.3 Å². The van der Waals surface area contributed by atoms with Gasteiger partial charge in [0, 0.05) is 10.7 Å². The summed E-state index contributed by atoms with van der Waals surface area (Å²) in [6.45, 7) is 1.94. The molecular formula is C12H11BrClN3. The molecule has 0 atom stereocenters. The Bertz CT molecular complexity index is 557. The molecule has 0 fully saturated rings. The lowest BCUT2D eigenvalue weighted by Gasteiger charge is -2.10. The zero-order chi connectivity index (χ0) is 12.4. The van der Waals surface area contributed by atoms with E-state index < -0.39 is 0 Å². The molecule has 1 heterocycles. The molecular weight excluding hydrogens is 302 g/mol. The van der Waals surface area contributed by atoms with E-state index in [0.717, 1.165) is 15.7 Å². The highest BCUT2D eigenvalue weighted by molar-refractivity contribution is 9.10. The molecule has 1 aromatic heterocycles. The lowest BCUT2D eigenvalue weighted by molar-refractivity contribution is 1.26. The summed E-state index contributed by atoms with van der Waals surface area (Å²) in [5.41, 5.74) is 8.27. The van der Waals surface area contributed by atoms with Crippen LogP contribution in [0.3, 0.4) is 0 Å². The van der Waals surface area contributed by atoms with Gasteiger partial charge in [-0.3, -0.25) is 0 Å². The van der Waals surface area contributed by atoms with Gasteiger partial charge in [-0.15, -0.1) is 0 Å². The summed E-state index contributed by atoms with van der Waals surface area (Å²) >= 11 is 9.47. The fraction of sp³-hybridized carbons (Fsp3) is 0.0833. The van der Waals surface area contributed by atoms with Crippen molar-refractivity contribution in [2.24, 2.45) is 0 Å². The van der Waals surface area contributed by atoms with Crippen LogP contribution in [-0.2, 0) is 0 Å². The number of aromatic nitrogens is 1. The van der Waals surface area contributed by atoms with Crippen LogP contribution in [0.1, 0.15) is 5.56 Å². The SMILES string of the molecule is Cc1cnc(Nc2cc(Br)ccc2Cl)c(N)c1. The number of rotatable bonds is 2. The van der Waals surface area contributed by atoms with Crippen LogP contribution in [0, 0.1) is 6.92 Å². The topological polar surface area (TPSA) is 50.9 Å². The molecule has 0 aliphatic rings. The molecule has 0 amide bonds. The van der Waals surface area contributed by atoms with Crippen molar-refractivity contribution in [3.63, 3.8) is 0 Å². The Kier molecular flexibility index (Phi) is 3.54. The molecule has 0 saturated carbocycles. The number of nitrogens with two attached hydrogens (primary N) is 1. The minimum Gasteiger partial charge on any atom is -0.396 e. The minimum absolute atomic E-state index is 0.598. The van der Waals surface area contributed by atoms with Crippen molar-refractivity contribution in [1.82, 2.24) is 4.98 Å². The summed E-state index contributed by atoms with van der Waals surface area (Å²) in [4.78, 5) is 4.23. The summed E-state index contributed by atoms with van der Waals surface area (Å²) in [5.74, 6) is 0.607. The van der Waals surface area contributed by atoms with Gasteiger partial charge in [0.1, 0.15) is 0 Å². The van der Waals surface area contributed by atoms with Crippen LogP contribution in [0.5, 0.6) is 0 Å². The Morgan fingerprint density at radius 3 is 2.82 bits per heavy atom. The van der Waals surface area contributed by atoms with Crippen LogP contribution in [0.4, 0.5) is 17.2 Å². The molecule has 2 rings (SSSR count). The van der Waals surface area contributed by atoms with Gasteiger partial charge < -0.3 is 11.1 Å². The third-order valence-corrected chi connectivity index (χ3v) is 3.06. The number of nitrogen functional groups attached to an aromatic ring is 1. The highest BCUT2D eigenvalue weighted by Gasteiger charge is 2.05. The van der Waals surface area contributed by atoms with E-state index in [0.29, 0.717) is 16.5 Å². The van der Waals surface area contributed by atoms with Gasteiger partial charge >= 0.3 is 0 Å². The van der Waals surface area contributed by atoms with Crippen molar-refractivity contribution in [2.75, 3.05) is 11.1 Å².